The monoisotopic (exact) mass is 672 g/mol. The van der Waals surface area contributed by atoms with Crippen molar-refractivity contribution in [1.29, 1.82) is 0 Å². The lowest BCUT2D eigenvalue weighted by atomic mass is 9.88. The number of rotatable bonds is 17. The van der Waals surface area contributed by atoms with Gasteiger partial charge in [-0.15, -0.1) is 0 Å². The Morgan fingerprint density at radius 2 is 1.86 bits per heavy atom. The van der Waals surface area contributed by atoms with Crippen molar-refractivity contribution in [3.63, 3.8) is 0 Å². The maximum Gasteiger partial charge on any atom is 0.258 e. The molecule has 2 aromatic rings. The molecule has 2 saturated carbocycles. The highest BCUT2D eigenvalue weighted by Gasteiger charge is 2.39. The van der Waals surface area contributed by atoms with E-state index in [9.17, 15) is 14.7 Å². The molecule has 2 amide bonds. The number of carbonyl (C=O) groups is 2. The average molecular weight is 673 g/mol. The van der Waals surface area contributed by atoms with Crippen LogP contribution in [0.4, 0.5) is 0 Å². The van der Waals surface area contributed by atoms with Gasteiger partial charge in [-0.1, -0.05) is 38.1 Å². The van der Waals surface area contributed by atoms with Crippen molar-refractivity contribution in [1.82, 2.24) is 20.9 Å². The standard InChI is InChI=1S/C40H56N4O5/c1-4-17-44(18-12-30-22-34(30)32-9-6-5-8-26(32)2)36-21-27(3)33(24-35(36)43-39(46)31-23-37(49-25-31)28-10-11-28)40(47)42-16-7-15-41-38(45)29-13-19-48-20-14-29/h5-6,8-9,23-25,27-30,34,38,41,45H,4,7,10-22H2,1-3H3,(H,42,47)(H,43,46). The summed E-state index contributed by atoms with van der Waals surface area (Å²) in [5, 5.41) is 20.0. The lowest BCUT2D eigenvalue weighted by molar-refractivity contribution is -0.118. The zero-order chi connectivity index (χ0) is 34.3. The third-order valence-corrected chi connectivity index (χ3v) is 10.9. The van der Waals surface area contributed by atoms with Crippen LogP contribution in [0.25, 0.3) is 0 Å². The van der Waals surface area contributed by atoms with E-state index in [0.29, 0.717) is 73.7 Å². The number of hydrogen-bond donors (Lipinski definition) is 4. The highest BCUT2D eigenvalue weighted by Crippen LogP contribution is 2.50. The molecule has 0 bridgehead atoms. The van der Waals surface area contributed by atoms with Gasteiger partial charge in [0.05, 0.1) is 11.3 Å². The Morgan fingerprint density at radius 3 is 2.61 bits per heavy atom. The summed E-state index contributed by atoms with van der Waals surface area (Å²) in [6, 6.07) is 10.6. The van der Waals surface area contributed by atoms with Crippen molar-refractivity contribution in [3.05, 3.63) is 82.1 Å². The predicted octanol–water partition coefficient (Wildman–Crippen LogP) is 6.12. The topological polar surface area (TPSA) is 116 Å². The largest absolute Gasteiger partial charge is 0.468 e. The number of allylic oxidation sites excluding steroid dienone is 2. The molecule has 4 aliphatic rings. The Morgan fingerprint density at radius 1 is 1.06 bits per heavy atom. The maximum atomic E-state index is 13.6. The van der Waals surface area contributed by atoms with Gasteiger partial charge in [-0.25, -0.2) is 0 Å². The second kappa shape index (κ2) is 16.5. The molecule has 1 saturated heterocycles. The molecule has 4 unspecified atom stereocenters. The van der Waals surface area contributed by atoms with E-state index in [0.717, 1.165) is 63.1 Å². The number of benzene rings is 1. The van der Waals surface area contributed by atoms with Crippen molar-refractivity contribution in [2.24, 2.45) is 17.8 Å². The Hall–Kier alpha value is -3.40. The SMILES string of the molecule is CCCN(CCC1CC1c1ccccc1C)C1=C(NC(=O)c2coc(C3CC3)c2)C=C(C(=O)NCCCNC(O)C2CCOCC2)C(C)C1. The third-order valence-electron chi connectivity index (χ3n) is 10.9. The van der Waals surface area contributed by atoms with Gasteiger partial charge in [0.2, 0.25) is 5.91 Å². The van der Waals surface area contributed by atoms with Crippen LogP contribution in [0.15, 0.2) is 64.1 Å². The van der Waals surface area contributed by atoms with E-state index in [4.69, 9.17) is 9.15 Å². The van der Waals surface area contributed by atoms with Crippen molar-refractivity contribution >= 4 is 11.8 Å². The van der Waals surface area contributed by atoms with Crippen LogP contribution in [0, 0.1) is 24.7 Å². The fourth-order valence-electron chi connectivity index (χ4n) is 7.60. The van der Waals surface area contributed by atoms with Gasteiger partial charge in [0.15, 0.2) is 0 Å². The lowest BCUT2D eigenvalue weighted by Crippen LogP contribution is -2.40. The number of nitrogens with zero attached hydrogens (tertiary/aromatic N) is 1. The minimum Gasteiger partial charge on any atom is -0.468 e. The van der Waals surface area contributed by atoms with Crippen LogP contribution in [0.2, 0.25) is 0 Å². The number of furan rings is 1. The quantitative estimate of drug-likeness (QED) is 0.118. The molecular weight excluding hydrogens is 616 g/mol. The summed E-state index contributed by atoms with van der Waals surface area (Å²) in [5.74, 6) is 2.48. The van der Waals surface area contributed by atoms with Gasteiger partial charge in [-0.05, 0) is 112 Å². The molecule has 1 aromatic carbocycles. The zero-order valence-corrected chi connectivity index (χ0v) is 29.6. The fraction of sp³-hybridized carbons (Fsp3) is 0.600. The van der Waals surface area contributed by atoms with E-state index in [1.54, 1.807) is 6.26 Å². The van der Waals surface area contributed by atoms with Gasteiger partial charge in [-0.2, -0.15) is 0 Å². The molecule has 0 spiro atoms. The summed E-state index contributed by atoms with van der Waals surface area (Å²) in [6.45, 7) is 10.8. The van der Waals surface area contributed by atoms with Crippen LogP contribution in [0.5, 0.6) is 0 Å². The summed E-state index contributed by atoms with van der Waals surface area (Å²) in [4.78, 5) is 29.6. The van der Waals surface area contributed by atoms with Crippen molar-refractivity contribution in [3.8, 4) is 0 Å². The number of aliphatic hydroxyl groups is 1. The first-order valence-electron chi connectivity index (χ1n) is 18.7. The Kier molecular flexibility index (Phi) is 12.0. The van der Waals surface area contributed by atoms with Gasteiger partial charge in [0.25, 0.3) is 5.91 Å². The molecule has 49 heavy (non-hydrogen) atoms. The van der Waals surface area contributed by atoms with Crippen LogP contribution in [-0.4, -0.2) is 67.4 Å². The molecule has 2 heterocycles. The summed E-state index contributed by atoms with van der Waals surface area (Å²) in [6.07, 6.45) is 11.5. The second-order valence-corrected chi connectivity index (χ2v) is 14.7. The number of hydrogen-bond acceptors (Lipinski definition) is 7. The summed E-state index contributed by atoms with van der Waals surface area (Å²) < 4.78 is 11.1. The molecule has 9 nitrogen and oxygen atoms in total. The maximum absolute atomic E-state index is 13.6. The smallest absolute Gasteiger partial charge is 0.258 e. The molecular formula is C40H56N4O5. The molecule has 4 atom stereocenters. The van der Waals surface area contributed by atoms with E-state index in [1.807, 2.05) is 12.1 Å². The molecule has 9 heteroatoms. The summed E-state index contributed by atoms with van der Waals surface area (Å²) in [5.41, 5.74) is 5.86. The first kappa shape index (κ1) is 35.4. The van der Waals surface area contributed by atoms with Gasteiger partial charge in [0.1, 0.15) is 18.3 Å². The number of ether oxygens (including phenoxy) is 1. The van der Waals surface area contributed by atoms with E-state index >= 15 is 0 Å². The molecule has 3 aliphatic carbocycles. The zero-order valence-electron chi connectivity index (χ0n) is 29.6. The predicted molar refractivity (Wildman–Crippen MR) is 191 cm³/mol. The van der Waals surface area contributed by atoms with Crippen LogP contribution in [0.3, 0.4) is 0 Å². The van der Waals surface area contributed by atoms with Crippen molar-refractivity contribution in [2.45, 2.75) is 96.6 Å². The first-order valence-corrected chi connectivity index (χ1v) is 18.7. The van der Waals surface area contributed by atoms with Gasteiger partial charge < -0.3 is 29.8 Å². The van der Waals surface area contributed by atoms with Crippen LogP contribution < -0.4 is 16.0 Å². The van der Waals surface area contributed by atoms with E-state index in [-0.39, 0.29) is 23.7 Å². The number of aryl methyl sites for hydroxylation is 1. The molecule has 6 rings (SSSR count). The third kappa shape index (κ3) is 9.24. The second-order valence-electron chi connectivity index (χ2n) is 14.7. The highest BCUT2D eigenvalue weighted by atomic mass is 16.5. The molecule has 3 fully saturated rings. The fourth-order valence-corrected chi connectivity index (χ4v) is 7.60. The average Bonchev–Trinajstić information content (AvgIpc) is 4.05. The van der Waals surface area contributed by atoms with Crippen molar-refractivity contribution < 1.29 is 23.8 Å². The first-order chi connectivity index (χ1) is 23.8. The molecule has 0 radical (unpaired) electrons. The highest BCUT2D eigenvalue weighted by molar-refractivity contribution is 5.97. The van der Waals surface area contributed by atoms with Crippen LogP contribution in [0.1, 0.15) is 111 Å². The van der Waals surface area contributed by atoms with E-state index in [2.05, 4.69) is 65.9 Å². The molecule has 1 aliphatic heterocycles. The Balaban J connectivity index is 1.12. The number of nitrogens with one attached hydrogen (secondary N) is 3. The normalized spacial score (nSPS) is 23.2. The molecule has 4 N–H and O–H groups in total. The van der Waals surface area contributed by atoms with Crippen molar-refractivity contribution in [2.75, 3.05) is 39.4 Å². The number of carbonyl (C=O) groups excluding carboxylic acids is 2. The minimum absolute atomic E-state index is 0.000452. The lowest BCUT2D eigenvalue weighted by Gasteiger charge is -2.34. The number of aliphatic hydroxyl groups excluding tert-OH is 1. The van der Waals surface area contributed by atoms with Gasteiger partial charge >= 0.3 is 0 Å². The summed E-state index contributed by atoms with van der Waals surface area (Å²) >= 11 is 0. The number of amides is 2. The van der Waals surface area contributed by atoms with Crippen LogP contribution in [-0.2, 0) is 9.53 Å². The van der Waals surface area contributed by atoms with E-state index in [1.165, 1.54) is 17.5 Å². The Labute approximate surface area is 291 Å². The minimum atomic E-state index is -0.551. The molecule has 1 aromatic heterocycles. The van der Waals surface area contributed by atoms with Gasteiger partial charge in [0, 0.05) is 56.0 Å². The summed E-state index contributed by atoms with van der Waals surface area (Å²) in [7, 11) is 0. The molecule has 266 valence electrons. The Bertz CT molecular complexity index is 1500. The van der Waals surface area contributed by atoms with Gasteiger partial charge in [-0.3, -0.25) is 14.9 Å². The van der Waals surface area contributed by atoms with E-state index < -0.39 is 6.23 Å². The van der Waals surface area contributed by atoms with Crippen LogP contribution >= 0.6 is 0 Å².